The van der Waals surface area contributed by atoms with Crippen LogP contribution in [0.3, 0.4) is 0 Å². The Balaban J connectivity index is 1.86. The van der Waals surface area contributed by atoms with Gasteiger partial charge in [0.15, 0.2) is 0 Å². The Kier molecular flexibility index (Phi) is 3.56. The molecule has 21 heavy (non-hydrogen) atoms. The van der Waals surface area contributed by atoms with Gasteiger partial charge in [-0.3, -0.25) is 4.98 Å². The van der Waals surface area contributed by atoms with Crippen LogP contribution < -0.4 is 0 Å². The molecule has 110 valence electrons. The Morgan fingerprint density at radius 1 is 1.14 bits per heavy atom. The van der Waals surface area contributed by atoms with E-state index in [1.54, 1.807) is 12.1 Å². The van der Waals surface area contributed by atoms with E-state index in [9.17, 15) is 4.39 Å². The van der Waals surface area contributed by atoms with Crippen LogP contribution in [-0.4, -0.2) is 4.98 Å². The second kappa shape index (κ2) is 5.25. The van der Waals surface area contributed by atoms with Crippen molar-refractivity contribution in [3.8, 4) is 0 Å². The quantitative estimate of drug-likeness (QED) is 0.773. The van der Waals surface area contributed by atoms with Crippen molar-refractivity contribution in [1.29, 1.82) is 0 Å². The molecule has 2 aromatic rings. The normalized spacial score (nSPS) is 15.2. The summed E-state index contributed by atoms with van der Waals surface area (Å²) in [5, 5.41) is 0. The minimum absolute atomic E-state index is 0.110. The minimum atomic E-state index is -0.124. The minimum Gasteiger partial charge on any atom is -0.261 e. The van der Waals surface area contributed by atoms with Gasteiger partial charge < -0.3 is 0 Å². The smallest absolute Gasteiger partial charge is 0.123 e. The molecule has 3 rings (SSSR count). The summed E-state index contributed by atoms with van der Waals surface area (Å²) in [4.78, 5) is 4.45. The Labute approximate surface area is 126 Å². The first-order valence-electron chi connectivity index (χ1n) is 7.66. The Hall–Kier alpha value is -1.70. The molecule has 1 heterocycles. The van der Waals surface area contributed by atoms with Gasteiger partial charge in [0.25, 0.3) is 0 Å². The summed E-state index contributed by atoms with van der Waals surface area (Å²) < 4.78 is 13.8. The molecule has 1 aromatic heterocycles. The van der Waals surface area contributed by atoms with E-state index < -0.39 is 0 Å². The molecule has 0 atom stereocenters. The van der Waals surface area contributed by atoms with E-state index in [-0.39, 0.29) is 11.2 Å². The van der Waals surface area contributed by atoms with Crippen molar-refractivity contribution in [2.45, 2.75) is 51.4 Å². The first-order valence-corrected chi connectivity index (χ1v) is 7.66. The van der Waals surface area contributed by atoms with Gasteiger partial charge in [0.05, 0.1) is 0 Å². The summed E-state index contributed by atoms with van der Waals surface area (Å²) in [5.41, 5.74) is 4.56. The zero-order valence-corrected chi connectivity index (χ0v) is 13.0. The molecule has 1 fully saturated rings. The fourth-order valence-electron chi connectivity index (χ4n) is 2.68. The molecule has 0 radical (unpaired) electrons. The largest absolute Gasteiger partial charge is 0.261 e. The third-order valence-corrected chi connectivity index (χ3v) is 4.10. The average Bonchev–Trinajstić information content (AvgIpc) is 3.21. The number of hydrogen-bond acceptors (Lipinski definition) is 1. The molecule has 0 amide bonds. The molecular formula is C19H22FN. The highest BCUT2D eigenvalue weighted by atomic mass is 19.1. The highest BCUT2D eigenvalue weighted by Gasteiger charge is 2.24. The van der Waals surface area contributed by atoms with E-state index in [4.69, 9.17) is 0 Å². The lowest BCUT2D eigenvalue weighted by Gasteiger charge is -2.19. The van der Waals surface area contributed by atoms with Gasteiger partial charge in [-0.05, 0) is 65.1 Å². The van der Waals surface area contributed by atoms with Crippen LogP contribution in [0.1, 0.15) is 61.9 Å². The summed E-state index contributed by atoms with van der Waals surface area (Å²) in [6, 6.07) is 9.66. The number of aromatic nitrogens is 1. The predicted octanol–water partition coefficient (Wildman–Crippen LogP) is 4.99. The third-order valence-electron chi connectivity index (χ3n) is 4.10. The Bertz CT molecular complexity index is 651. The van der Waals surface area contributed by atoms with Crippen molar-refractivity contribution in [3.63, 3.8) is 0 Å². The van der Waals surface area contributed by atoms with Gasteiger partial charge in [-0.25, -0.2) is 4.39 Å². The van der Waals surface area contributed by atoms with Gasteiger partial charge in [0.2, 0.25) is 0 Å². The molecular weight excluding hydrogens is 261 g/mol. The highest BCUT2D eigenvalue weighted by molar-refractivity contribution is 5.33. The zero-order chi connectivity index (χ0) is 15.0. The summed E-state index contributed by atoms with van der Waals surface area (Å²) in [5.74, 6) is 0.453. The Morgan fingerprint density at radius 3 is 2.57 bits per heavy atom. The van der Waals surface area contributed by atoms with Crippen LogP contribution in [0.2, 0.25) is 0 Å². The fourth-order valence-corrected chi connectivity index (χ4v) is 2.68. The monoisotopic (exact) mass is 283 g/mol. The van der Waals surface area contributed by atoms with Crippen molar-refractivity contribution < 1.29 is 4.39 Å². The number of nitrogens with zero attached hydrogens (tertiary/aromatic N) is 1. The van der Waals surface area contributed by atoms with Crippen molar-refractivity contribution in [3.05, 3.63) is 64.7 Å². The van der Waals surface area contributed by atoms with Gasteiger partial charge in [-0.1, -0.05) is 26.8 Å². The van der Waals surface area contributed by atoms with Crippen molar-refractivity contribution >= 4 is 0 Å². The molecule has 0 spiro atoms. The van der Waals surface area contributed by atoms with Crippen molar-refractivity contribution in [2.75, 3.05) is 0 Å². The molecule has 0 aliphatic heterocycles. The van der Waals surface area contributed by atoms with Gasteiger partial charge >= 0.3 is 0 Å². The highest BCUT2D eigenvalue weighted by Crippen LogP contribution is 2.40. The molecule has 1 nitrogen and oxygen atoms in total. The molecule has 0 saturated heterocycles. The number of benzene rings is 1. The van der Waals surface area contributed by atoms with E-state index in [0.29, 0.717) is 12.3 Å². The van der Waals surface area contributed by atoms with E-state index in [2.05, 4.69) is 44.0 Å². The first-order chi connectivity index (χ1) is 9.91. The SMILES string of the molecule is CC(C)(C)c1ccnc(Cc2cc(F)cc(C3CC3)c2)c1. The molecule has 0 unspecified atom stereocenters. The Morgan fingerprint density at radius 2 is 1.90 bits per heavy atom. The van der Waals surface area contributed by atoms with Gasteiger partial charge in [-0.15, -0.1) is 0 Å². The van der Waals surface area contributed by atoms with Crippen molar-refractivity contribution in [2.24, 2.45) is 0 Å². The number of halogens is 1. The molecule has 1 saturated carbocycles. The van der Waals surface area contributed by atoms with Gasteiger partial charge in [-0.2, -0.15) is 0 Å². The maximum atomic E-state index is 13.8. The van der Waals surface area contributed by atoms with E-state index in [1.165, 1.54) is 18.4 Å². The van der Waals surface area contributed by atoms with E-state index >= 15 is 0 Å². The summed E-state index contributed by atoms with van der Waals surface area (Å²) >= 11 is 0. The number of hydrogen-bond donors (Lipinski definition) is 0. The maximum Gasteiger partial charge on any atom is 0.123 e. The third kappa shape index (κ3) is 3.49. The second-order valence-electron chi connectivity index (χ2n) is 7.13. The molecule has 0 N–H and O–H groups in total. The molecule has 1 aliphatic rings. The summed E-state index contributed by atoms with van der Waals surface area (Å²) in [6.07, 6.45) is 4.94. The molecule has 0 bridgehead atoms. The van der Waals surface area contributed by atoms with Crippen molar-refractivity contribution in [1.82, 2.24) is 4.98 Å². The van der Waals surface area contributed by atoms with Crippen LogP contribution in [0, 0.1) is 5.82 Å². The lowest BCUT2D eigenvalue weighted by molar-refractivity contribution is 0.588. The first kappa shape index (κ1) is 14.2. The van der Waals surface area contributed by atoms with Crippen LogP contribution in [0.5, 0.6) is 0 Å². The van der Waals surface area contributed by atoms with Gasteiger partial charge in [0, 0.05) is 18.3 Å². The lowest BCUT2D eigenvalue weighted by Crippen LogP contribution is -2.11. The van der Waals surface area contributed by atoms with Gasteiger partial charge in [0.1, 0.15) is 5.82 Å². The summed E-state index contributed by atoms with van der Waals surface area (Å²) in [6.45, 7) is 6.58. The number of pyridine rings is 1. The predicted molar refractivity (Wildman–Crippen MR) is 84.1 cm³/mol. The van der Waals surface area contributed by atoms with E-state index in [1.807, 2.05) is 6.20 Å². The average molecular weight is 283 g/mol. The van der Waals surface area contributed by atoms with Crippen LogP contribution in [-0.2, 0) is 11.8 Å². The molecule has 2 heteroatoms. The van der Waals surface area contributed by atoms with Crippen LogP contribution >= 0.6 is 0 Å². The fraction of sp³-hybridized carbons (Fsp3) is 0.421. The van der Waals surface area contributed by atoms with Crippen LogP contribution in [0.25, 0.3) is 0 Å². The second-order valence-corrected chi connectivity index (χ2v) is 7.13. The van der Waals surface area contributed by atoms with E-state index in [0.717, 1.165) is 16.8 Å². The van der Waals surface area contributed by atoms with Crippen LogP contribution in [0.4, 0.5) is 4.39 Å². The number of rotatable bonds is 3. The standard InChI is InChI=1S/C19H22FN/c1-19(2,3)16-6-7-21-18(12-16)10-13-8-15(14-4-5-14)11-17(20)9-13/h6-9,11-12,14H,4-5,10H2,1-3H3. The summed E-state index contributed by atoms with van der Waals surface area (Å²) in [7, 11) is 0. The van der Waals surface area contributed by atoms with Crippen LogP contribution in [0.15, 0.2) is 36.5 Å². The molecule has 1 aromatic carbocycles. The zero-order valence-electron chi connectivity index (χ0n) is 13.0. The lowest BCUT2D eigenvalue weighted by atomic mass is 9.87. The molecule has 1 aliphatic carbocycles. The topological polar surface area (TPSA) is 12.9 Å². The maximum absolute atomic E-state index is 13.8.